The van der Waals surface area contributed by atoms with Crippen LogP contribution in [0.25, 0.3) is 0 Å². The molecule has 0 bridgehead atoms. The molecular formula is C32H68ClNO2. The number of hydrogen-bond donors (Lipinski definition) is 2. The maximum Gasteiger partial charge on any atom is 0.216 e. The first-order valence-electron chi connectivity index (χ1n) is 16.2. The fourth-order valence-corrected chi connectivity index (χ4v) is 5.53. The van der Waals surface area contributed by atoms with Gasteiger partial charge < -0.3 is 22.6 Å². The third-order valence-electron chi connectivity index (χ3n) is 8.12. The van der Waals surface area contributed by atoms with E-state index in [2.05, 4.69) is 20.9 Å². The smallest absolute Gasteiger partial charge is 0.216 e. The molecule has 0 aliphatic heterocycles. The molecule has 4 heteroatoms. The SMILES string of the molecule is CCCCCCCCCCCCCC[N+](C)(CCCCCCCCCCCCCC)C(O)C(C)O.[Cl-]. The zero-order valence-corrected chi connectivity index (χ0v) is 26.0. The van der Waals surface area contributed by atoms with Gasteiger partial charge in [0.15, 0.2) is 0 Å². The van der Waals surface area contributed by atoms with E-state index < -0.39 is 12.3 Å². The molecule has 220 valence electrons. The van der Waals surface area contributed by atoms with Crippen LogP contribution in [0.5, 0.6) is 0 Å². The summed E-state index contributed by atoms with van der Waals surface area (Å²) in [5, 5.41) is 20.8. The maximum atomic E-state index is 10.7. The Morgan fingerprint density at radius 2 is 0.667 bits per heavy atom. The van der Waals surface area contributed by atoms with Gasteiger partial charge in [0.2, 0.25) is 6.23 Å². The van der Waals surface area contributed by atoms with E-state index in [-0.39, 0.29) is 12.4 Å². The van der Waals surface area contributed by atoms with Crippen LogP contribution in [0, 0.1) is 0 Å². The molecule has 36 heavy (non-hydrogen) atoms. The summed E-state index contributed by atoms with van der Waals surface area (Å²) < 4.78 is 0.618. The molecule has 0 rings (SSSR count). The van der Waals surface area contributed by atoms with E-state index in [9.17, 15) is 10.2 Å². The average Bonchev–Trinajstić information content (AvgIpc) is 2.84. The Bertz CT molecular complexity index is 391. The van der Waals surface area contributed by atoms with Crippen molar-refractivity contribution in [3.8, 4) is 0 Å². The molecule has 0 saturated heterocycles. The molecule has 0 aliphatic carbocycles. The van der Waals surface area contributed by atoms with Crippen LogP contribution in [0.15, 0.2) is 0 Å². The number of hydrogen-bond acceptors (Lipinski definition) is 2. The van der Waals surface area contributed by atoms with Crippen molar-refractivity contribution in [3.63, 3.8) is 0 Å². The summed E-state index contributed by atoms with van der Waals surface area (Å²) in [7, 11) is 2.16. The van der Waals surface area contributed by atoms with E-state index in [1.54, 1.807) is 6.92 Å². The van der Waals surface area contributed by atoms with E-state index in [0.29, 0.717) is 4.48 Å². The van der Waals surface area contributed by atoms with Crippen molar-refractivity contribution in [2.45, 2.75) is 187 Å². The predicted octanol–water partition coefficient (Wildman–Crippen LogP) is 6.54. The van der Waals surface area contributed by atoms with Gasteiger partial charge in [-0.2, -0.15) is 0 Å². The highest BCUT2D eigenvalue weighted by atomic mass is 35.5. The highest BCUT2D eigenvalue weighted by molar-refractivity contribution is 4.56. The molecule has 2 unspecified atom stereocenters. The van der Waals surface area contributed by atoms with Crippen molar-refractivity contribution in [3.05, 3.63) is 0 Å². The molecule has 0 aromatic rings. The van der Waals surface area contributed by atoms with Gasteiger partial charge in [0.1, 0.15) is 6.10 Å². The molecule has 2 N–H and O–H groups in total. The number of quaternary nitrogens is 1. The van der Waals surface area contributed by atoms with Crippen LogP contribution in [-0.2, 0) is 0 Å². The molecule has 0 fully saturated rings. The van der Waals surface area contributed by atoms with Gasteiger partial charge in [-0.3, -0.25) is 4.48 Å². The molecule has 0 heterocycles. The van der Waals surface area contributed by atoms with Crippen molar-refractivity contribution < 1.29 is 27.1 Å². The van der Waals surface area contributed by atoms with Gasteiger partial charge in [0.25, 0.3) is 0 Å². The molecular weight excluding hydrogens is 466 g/mol. The molecule has 0 spiro atoms. The zero-order chi connectivity index (χ0) is 26.0. The monoisotopic (exact) mass is 533 g/mol. The topological polar surface area (TPSA) is 40.5 Å². The average molecular weight is 534 g/mol. The number of nitrogens with zero attached hydrogens (tertiary/aromatic N) is 1. The summed E-state index contributed by atoms with van der Waals surface area (Å²) in [6.07, 6.45) is 31.3. The van der Waals surface area contributed by atoms with Crippen molar-refractivity contribution in [2.75, 3.05) is 20.1 Å². The predicted molar refractivity (Wildman–Crippen MR) is 156 cm³/mol. The standard InChI is InChI=1S/C32H68NO2.ClH/c1-5-7-9-11-13-15-17-19-21-23-25-27-29-33(4,32(35)31(3)34)30-28-26-24-22-20-18-16-14-12-10-8-6-2;/h31-32,34-35H,5-30H2,1-4H3;1H/q+1;/p-1. The van der Waals surface area contributed by atoms with Crippen LogP contribution in [-0.4, -0.2) is 47.2 Å². The summed E-state index contributed by atoms with van der Waals surface area (Å²) in [6, 6.07) is 0. The van der Waals surface area contributed by atoms with Crippen LogP contribution < -0.4 is 12.4 Å². The van der Waals surface area contributed by atoms with Crippen LogP contribution in [0.3, 0.4) is 0 Å². The largest absolute Gasteiger partial charge is 1.00 e. The van der Waals surface area contributed by atoms with E-state index in [0.717, 1.165) is 25.9 Å². The van der Waals surface area contributed by atoms with Crippen molar-refractivity contribution in [1.29, 1.82) is 0 Å². The summed E-state index contributed by atoms with van der Waals surface area (Å²) in [6.45, 7) is 8.28. The fraction of sp³-hybridized carbons (Fsp3) is 1.00. The second-order valence-electron chi connectivity index (χ2n) is 11.9. The van der Waals surface area contributed by atoms with Gasteiger partial charge in [-0.1, -0.05) is 142 Å². The molecule has 3 nitrogen and oxygen atoms in total. The lowest BCUT2D eigenvalue weighted by molar-refractivity contribution is -0.958. The number of rotatable bonds is 28. The van der Waals surface area contributed by atoms with Gasteiger partial charge in [0, 0.05) is 0 Å². The number of aliphatic hydroxyl groups is 2. The van der Waals surface area contributed by atoms with E-state index in [1.807, 2.05) is 0 Å². The van der Waals surface area contributed by atoms with Crippen LogP contribution in [0.4, 0.5) is 0 Å². The quantitative estimate of drug-likeness (QED) is 0.0681. The van der Waals surface area contributed by atoms with Crippen molar-refractivity contribution in [1.82, 2.24) is 0 Å². The maximum absolute atomic E-state index is 10.7. The first-order chi connectivity index (χ1) is 17.0. The molecule has 0 saturated carbocycles. The normalized spacial score (nSPS) is 13.5. The minimum Gasteiger partial charge on any atom is -1.00 e. The Morgan fingerprint density at radius 1 is 0.444 bits per heavy atom. The Balaban J connectivity index is 0. The van der Waals surface area contributed by atoms with Crippen LogP contribution >= 0.6 is 0 Å². The highest BCUT2D eigenvalue weighted by Crippen LogP contribution is 2.19. The Kier molecular flexibility index (Phi) is 30.0. The summed E-state index contributed by atoms with van der Waals surface area (Å²) in [5.74, 6) is 0. The van der Waals surface area contributed by atoms with E-state index in [4.69, 9.17) is 0 Å². The third kappa shape index (κ3) is 23.3. The Labute approximate surface area is 234 Å². The second-order valence-corrected chi connectivity index (χ2v) is 11.9. The minimum absolute atomic E-state index is 0. The minimum atomic E-state index is -0.658. The lowest BCUT2D eigenvalue weighted by atomic mass is 10.0. The molecule has 0 radical (unpaired) electrons. The Morgan fingerprint density at radius 3 is 0.889 bits per heavy atom. The fourth-order valence-electron chi connectivity index (χ4n) is 5.53. The number of aliphatic hydroxyl groups excluding tert-OH is 2. The molecule has 0 amide bonds. The first kappa shape index (κ1) is 38.3. The summed E-state index contributed by atoms with van der Waals surface area (Å²) >= 11 is 0. The second kappa shape index (κ2) is 28.2. The summed E-state index contributed by atoms with van der Waals surface area (Å²) in [4.78, 5) is 0. The first-order valence-corrected chi connectivity index (χ1v) is 16.2. The summed E-state index contributed by atoms with van der Waals surface area (Å²) in [5.41, 5.74) is 0. The third-order valence-corrected chi connectivity index (χ3v) is 8.12. The van der Waals surface area contributed by atoms with Crippen molar-refractivity contribution >= 4 is 0 Å². The molecule has 0 aromatic heterocycles. The van der Waals surface area contributed by atoms with Gasteiger partial charge in [-0.15, -0.1) is 0 Å². The molecule has 2 atom stereocenters. The van der Waals surface area contributed by atoms with E-state index in [1.165, 1.54) is 141 Å². The van der Waals surface area contributed by atoms with Gasteiger partial charge in [-0.05, 0) is 32.6 Å². The van der Waals surface area contributed by atoms with Gasteiger partial charge >= 0.3 is 0 Å². The van der Waals surface area contributed by atoms with Crippen LogP contribution in [0.2, 0.25) is 0 Å². The lowest BCUT2D eigenvalue weighted by Gasteiger charge is -2.40. The lowest BCUT2D eigenvalue weighted by Crippen LogP contribution is -3.00. The van der Waals surface area contributed by atoms with Gasteiger partial charge in [-0.25, -0.2) is 0 Å². The molecule has 0 aliphatic rings. The number of likely N-dealkylation sites (N-methyl/N-ethyl adjacent to an activating group) is 1. The van der Waals surface area contributed by atoms with E-state index >= 15 is 0 Å². The zero-order valence-electron chi connectivity index (χ0n) is 25.3. The highest BCUT2D eigenvalue weighted by Gasteiger charge is 2.33. The van der Waals surface area contributed by atoms with Crippen LogP contribution in [0.1, 0.15) is 175 Å². The molecule has 0 aromatic carbocycles. The number of unbranched alkanes of at least 4 members (excludes halogenated alkanes) is 22. The Hall–Kier alpha value is 0.170. The van der Waals surface area contributed by atoms with Crippen molar-refractivity contribution in [2.24, 2.45) is 0 Å². The van der Waals surface area contributed by atoms with Gasteiger partial charge in [0.05, 0.1) is 20.1 Å². The number of halogens is 1.